The van der Waals surface area contributed by atoms with Crippen molar-refractivity contribution < 1.29 is 22.8 Å². The summed E-state index contributed by atoms with van der Waals surface area (Å²) in [4.78, 5) is 7.45. The van der Waals surface area contributed by atoms with Crippen LogP contribution in [-0.4, -0.2) is 35.2 Å². The van der Waals surface area contributed by atoms with E-state index in [1.807, 2.05) is 30.3 Å². The van der Waals surface area contributed by atoms with Crippen LogP contribution in [0.2, 0.25) is 5.02 Å². The monoisotopic (exact) mass is 480 g/mol. The van der Waals surface area contributed by atoms with E-state index in [0.29, 0.717) is 33.2 Å². The van der Waals surface area contributed by atoms with Gasteiger partial charge in [0.2, 0.25) is 0 Å². The van der Waals surface area contributed by atoms with Gasteiger partial charge in [-0.1, -0.05) is 48.0 Å². The van der Waals surface area contributed by atoms with Gasteiger partial charge in [-0.05, 0) is 35.9 Å². The lowest BCUT2D eigenvalue weighted by Gasteiger charge is -2.12. The minimum absolute atomic E-state index is 0.150. The molecule has 0 atom stereocenters. The number of aromatic hydroxyl groups is 1. The molecule has 0 aliphatic rings. The molecule has 166 valence electrons. The minimum atomic E-state index is -4.55. The summed E-state index contributed by atoms with van der Waals surface area (Å²) >= 11 is 6.02. The molecule has 5 aromatic rings. The van der Waals surface area contributed by atoms with Crippen molar-refractivity contribution in [2.45, 2.75) is 4.90 Å². The molecule has 33 heavy (non-hydrogen) atoms. The molecule has 0 saturated carbocycles. The summed E-state index contributed by atoms with van der Waals surface area (Å²) in [6.45, 7) is 0. The van der Waals surface area contributed by atoms with Crippen molar-refractivity contribution in [1.29, 1.82) is 0 Å². The number of imidazole rings is 1. The Morgan fingerprint density at radius 2 is 1.70 bits per heavy atom. The fourth-order valence-electron chi connectivity index (χ4n) is 4.03. The lowest BCUT2D eigenvalue weighted by Crippen LogP contribution is -1.99. The zero-order valence-electron chi connectivity index (χ0n) is 17.2. The normalized spacial score (nSPS) is 11.8. The van der Waals surface area contributed by atoms with Gasteiger partial charge in [0.05, 0.1) is 23.6 Å². The smallest absolute Gasteiger partial charge is 0.295 e. The van der Waals surface area contributed by atoms with Gasteiger partial charge in [0.15, 0.2) is 0 Å². The van der Waals surface area contributed by atoms with E-state index in [9.17, 15) is 18.1 Å². The molecule has 7 nitrogen and oxygen atoms in total. The summed E-state index contributed by atoms with van der Waals surface area (Å²) in [6, 6.07) is 18.7. The molecule has 0 saturated heterocycles. The lowest BCUT2D eigenvalue weighted by atomic mass is 10.0. The minimum Gasteiger partial charge on any atom is -0.507 e. The number of halogens is 1. The molecule has 3 N–H and O–H groups in total. The Hall–Kier alpha value is -3.59. The third-order valence-corrected chi connectivity index (χ3v) is 6.60. The molecule has 0 fully saturated rings. The highest BCUT2D eigenvalue weighted by atomic mass is 35.5. The largest absolute Gasteiger partial charge is 0.507 e. The first-order valence-electron chi connectivity index (χ1n) is 9.83. The number of hydrogen-bond donors (Lipinski definition) is 3. The van der Waals surface area contributed by atoms with E-state index in [2.05, 4.69) is 9.97 Å². The van der Waals surface area contributed by atoms with E-state index in [1.165, 1.54) is 24.3 Å². The molecule has 5 rings (SSSR count). The molecule has 1 aromatic heterocycles. The molecule has 0 spiro atoms. The SMILES string of the molecule is COc1c(-c2ccc(Cl)cc2)cccc1-c1nc2c(cc(S(=O)(=O)O)c3cccc(O)c32)[nH]1. The maximum Gasteiger partial charge on any atom is 0.295 e. The fourth-order valence-corrected chi connectivity index (χ4v) is 4.87. The van der Waals surface area contributed by atoms with Crippen LogP contribution in [0.25, 0.3) is 44.3 Å². The van der Waals surface area contributed by atoms with E-state index in [0.717, 1.165) is 11.1 Å². The summed E-state index contributed by atoms with van der Waals surface area (Å²) in [6.07, 6.45) is 0. The third-order valence-electron chi connectivity index (χ3n) is 5.46. The van der Waals surface area contributed by atoms with Gasteiger partial charge in [0.25, 0.3) is 10.1 Å². The number of H-pyrrole nitrogens is 1. The Balaban J connectivity index is 1.80. The second kappa shape index (κ2) is 7.77. The quantitative estimate of drug-likeness (QED) is 0.286. The van der Waals surface area contributed by atoms with Crippen LogP contribution in [0.5, 0.6) is 11.5 Å². The van der Waals surface area contributed by atoms with E-state index in [4.69, 9.17) is 16.3 Å². The average molecular weight is 481 g/mol. The first kappa shape index (κ1) is 21.3. The molecule has 0 amide bonds. The maximum absolute atomic E-state index is 12.0. The van der Waals surface area contributed by atoms with Crippen LogP contribution >= 0.6 is 11.6 Å². The van der Waals surface area contributed by atoms with Gasteiger partial charge in [0, 0.05) is 16.0 Å². The van der Waals surface area contributed by atoms with Crippen molar-refractivity contribution >= 4 is 43.5 Å². The Kier molecular flexibility index (Phi) is 5.01. The average Bonchev–Trinajstić information content (AvgIpc) is 3.22. The number of fused-ring (bicyclic) bond motifs is 3. The predicted octanol–water partition coefficient (Wildman–Crippen LogP) is 5.66. The van der Waals surface area contributed by atoms with Gasteiger partial charge in [0.1, 0.15) is 27.7 Å². The zero-order valence-corrected chi connectivity index (χ0v) is 18.8. The molecular weight excluding hydrogens is 464 g/mol. The summed E-state index contributed by atoms with van der Waals surface area (Å²) in [5.41, 5.74) is 3.05. The van der Waals surface area contributed by atoms with Crippen LogP contribution in [0.4, 0.5) is 0 Å². The molecule has 0 bridgehead atoms. The molecule has 9 heteroatoms. The number of ether oxygens (including phenoxy) is 1. The van der Waals surface area contributed by atoms with Crippen LogP contribution in [0, 0.1) is 0 Å². The summed E-state index contributed by atoms with van der Waals surface area (Å²) in [5, 5.41) is 11.5. The van der Waals surface area contributed by atoms with Crippen molar-refractivity contribution in [3.05, 3.63) is 71.8 Å². The Morgan fingerprint density at radius 1 is 1.00 bits per heavy atom. The van der Waals surface area contributed by atoms with Gasteiger partial charge < -0.3 is 14.8 Å². The Bertz CT molecular complexity index is 1640. The van der Waals surface area contributed by atoms with Gasteiger partial charge in [-0.3, -0.25) is 4.55 Å². The van der Waals surface area contributed by atoms with Crippen LogP contribution in [0.15, 0.2) is 71.6 Å². The molecule has 0 aliphatic heterocycles. The van der Waals surface area contributed by atoms with Crippen LogP contribution in [-0.2, 0) is 10.1 Å². The fraction of sp³-hybridized carbons (Fsp3) is 0.0417. The van der Waals surface area contributed by atoms with Crippen molar-refractivity contribution in [3.63, 3.8) is 0 Å². The molecule has 0 radical (unpaired) electrons. The Morgan fingerprint density at radius 3 is 2.39 bits per heavy atom. The number of rotatable bonds is 4. The molecule has 1 heterocycles. The second-order valence-electron chi connectivity index (χ2n) is 7.42. The first-order valence-corrected chi connectivity index (χ1v) is 11.6. The summed E-state index contributed by atoms with van der Waals surface area (Å²) in [5.74, 6) is 0.819. The summed E-state index contributed by atoms with van der Waals surface area (Å²) in [7, 11) is -2.99. The number of aromatic nitrogens is 2. The van der Waals surface area contributed by atoms with Crippen molar-refractivity contribution in [2.24, 2.45) is 0 Å². The van der Waals surface area contributed by atoms with E-state index < -0.39 is 10.1 Å². The zero-order chi connectivity index (χ0) is 23.3. The van der Waals surface area contributed by atoms with Gasteiger partial charge >= 0.3 is 0 Å². The standard InChI is InChI=1S/C24H17ClN2O5S/c1-32-23-15(13-8-10-14(25)11-9-13)4-2-6-17(23)24-26-18-12-20(33(29,30)31)16-5-3-7-19(28)21(16)22(18)27-24/h2-12,28H,1H3,(H,26,27)(H,29,30,31). The highest BCUT2D eigenvalue weighted by Crippen LogP contribution is 2.41. The topological polar surface area (TPSA) is 113 Å². The van der Waals surface area contributed by atoms with E-state index in [-0.39, 0.29) is 21.4 Å². The van der Waals surface area contributed by atoms with Gasteiger partial charge in [-0.15, -0.1) is 0 Å². The maximum atomic E-state index is 12.0. The van der Waals surface area contributed by atoms with Crippen molar-refractivity contribution in [2.75, 3.05) is 7.11 Å². The molecular formula is C24H17ClN2O5S. The van der Waals surface area contributed by atoms with Crippen LogP contribution in [0.1, 0.15) is 0 Å². The molecule has 4 aromatic carbocycles. The summed E-state index contributed by atoms with van der Waals surface area (Å²) < 4.78 is 39.5. The number of hydrogen-bond acceptors (Lipinski definition) is 5. The van der Waals surface area contributed by atoms with Gasteiger partial charge in [-0.25, -0.2) is 4.98 Å². The molecule has 0 unspecified atom stereocenters. The van der Waals surface area contributed by atoms with E-state index >= 15 is 0 Å². The third kappa shape index (κ3) is 3.58. The van der Waals surface area contributed by atoms with Crippen molar-refractivity contribution in [1.82, 2.24) is 9.97 Å². The second-order valence-corrected chi connectivity index (χ2v) is 9.25. The number of aromatic amines is 1. The first-order chi connectivity index (χ1) is 15.8. The van der Waals surface area contributed by atoms with Crippen LogP contribution in [0.3, 0.4) is 0 Å². The highest BCUT2D eigenvalue weighted by molar-refractivity contribution is 7.86. The number of para-hydroxylation sites is 1. The van der Waals surface area contributed by atoms with Crippen molar-refractivity contribution in [3.8, 4) is 34.0 Å². The van der Waals surface area contributed by atoms with Gasteiger partial charge in [-0.2, -0.15) is 8.42 Å². The van der Waals surface area contributed by atoms with E-state index in [1.54, 1.807) is 19.2 Å². The Labute approximate surface area is 194 Å². The number of benzene rings is 4. The number of phenolic OH excluding ortho intramolecular Hbond substituents is 1. The number of nitrogens with zero attached hydrogens (tertiary/aromatic N) is 1. The predicted molar refractivity (Wildman–Crippen MR) is 128 cm³/mol. The number of phenols is 1. The highest BCUT2D eigenvalue weighted by Gasteiger charge is 2.22. The molecule has 0 aliphatic carbocycles. The lowest BCUT2D eigenvalue weighted by molar-refractivity contribution is 0.418. The number of methoxy groups -OCH3 is 1. The van der Waals surface area contributed by atoms with Crippen LogP contribution < -0.4 is 4.74 Å². The number of nitrogens with one attached hydrogen (secondary N) is 1.